The number of aliphatic imine (C=N–C) groups is 2. The molecule has 0 spiro atoms. The van der Waals surface area contributed by atoms with Crippen LogP contribution in [-0.2, 0) is 9.59 Å². The predicted molar refractivity (Wildman–Crippen MR) is 33.1 cm³/mol. The summed E-state index contributed by atoms with van der Waals surface area (Å²) in [7, 11) is 0. The summed E-state index contributed by atoms with van der Waals surface area (Å²) in [4.78, 5) is 24.8. The molecule has 0 atom stereocenters. The highest BCUT2D eigenvalue weighted by Crippen LogP contribution is 1.98. The Labute approximate surface area is 61.9 Å². The van der Waals surface area contributed by atoms with Gasteiger partial charge in [-0.15, -0.1) is 0 Å². The van der Waals surface area contributed by atoms with Crippen LogP contribution in [0.1, 0.15) is 0 Å². The first-order valence-electron chi connectivity index (χ1n) is 2.64. The average Bonchev–Trinajstić information content (AvgIpc) is 1.97. The summed E-state index contributed by atoms with van der Waals surface area (Å²) in [5, 5.41) is 17.6. The zero-order valence-electron chi connectivity index (χ0n) is 5.52. The van der Waals surface area contributed by atoms with Gasteiger partial charge in [-0.25, -0.2) is 19.6 Å². The maximum Gasteiger partial charge on any atom is 0.235 e. The molecule has 2 N–H and O–H groups in total. The summed E-state index contributed by atoms with van der Waals surface area (Å²) in [6, 6.07) is 0. The van der Waals surface area contributed by atoms with Crippen LogP contribution in [0.25, 0.3) is 0 Å². The summed E-state index contributed by atoms with van der Waals surface area (Å²) in [5.41, 5.74) is 0. The number of hydrogen-bond acceptors (Lipinski definition) is 6. The molecule has 0 aromatic rings. The number of carbonyl (C=O) groups excluding carboxylic acids is 2. The zero-order chi connectivity index (χ0) is 8.74. The van der Waals surface area contributed by atoms with E-state index in [4.69, 9.17) is 10.2 Å². The van der Waals surface area contributed by atoms with Gasteiger partial charge in [0.25, 0.3) is 0 Å². The fraction of sp³-hybridized carbons (Fsp3) is 0.600. The number of hydrogen-bond donors (Lipinski definition) is 2. The van der Waals surface area contributed by atoms with E-state index in [9.17, 15) is 9.59 Å². The van der Waals surface area contributed by atoms with Gasteiger partial charge >= 0.3 is 0 Å². The molecule has 0 fully saturated rings. The minimum absolute atomic E-state index is 0.554. The lowest BCUT2D eigenvalue weighted by Gasteiger charge is -2.13. The second kappa shape index (κ2) is 4.49. The molecule has 0 aromatic carbocycles. The molecule has 6 heteroatoms. The van der Waals surface area contributed by atoms with Gasteiger partial charge in [0, 0.05) is 0 Å². The first kappa shape index (κ1) is 9.68. The maximum absolute atomic E-state index is 9.50. The van der Waals surface area contributed by atoms with E-state index >= 15 is 0 Å². The van der Waals surface area contributed by atoms with Crippen LogP contribution in [0.4, 0.5) is 0 Å². The van der Waals surface area contributed by atoms with Crippen molar-refractivity contribution in [2.45, 2.75) is 5.79 Å². The highest BCUT2D eigenvalue weighted by molar-refractivity contribution is 5.34. The van der Waals surface area contributed by atoms with Crippen LogP contribution in [0, 0.1) is 0 Å². The molecule has 11 heavy (non-hydrogen) atoms. The average molecular weight is 158 g/mol. The Bertz CT molecular complexity index is 191. The molecule has 0 amide bonds. The number of aliphatic hydroxyl groups is 2. The Morgan fingerprint density at radius 3 is 1.73 bits per heavy atom. The van der Waals surface area contributed by atoms with Crippen LogP contribution in [0.3, 0.4) is 0 Å². The molecule has 0 saturated heterocycles. The van der Waals surface area contributed by atoms with Gasteiger partial charge in [0.05, 0.1) is 0 Å². The van der Waals surface area contributed by atoms with Gasteiger partial charge in [-0.05, 0) is 0 Å². The van der Waals surface area contributed by atoms with Crippen molar-refractivity contribution >= 4 is 12.2 Å². The Kier molecular flexibility index (Phi) is 3.95. The predicted octanol–water partition coefficient (Wildman–Crippen LogP) is -1.66. The number of rotatable bonds is 4. The van der Waals surface area contributed by atoms with E-state index in [0.717, 1.165) is 12.2 Å². The molecule has 0 aliphatic carbocycles. The quantitative estimate of drug-likeness (QED) is 0.290. The number of nitrogens with zero attached hydrogens (tertiary/aromatic N) is 2. The fourth-order valence-electron chi connectivity index (χ4n) is 0.368. The summed E-state index contributed by atoms with van der Waals surface area (Å²) >= 11 is 0. The monoisotopic (exact) mass is 158 g/mol. The summed E-state index contributed by atoms with van der Waals surface area (Å²) in [6.45, 7) is -1.11. The van der Waals surface area contributed by atoms with Crippen molar-refractivity contribution in [1.29, 1.82) is 0 Å². The minimum Gasteiger partial charge on any atom is -0.363 e. The van der Waals surface area contributed by atoms with Gasteiger partial charge < -0.3 is 10.2 Å². The Balaban J connectivity index is 3.98. The van der Waals surface area contributed by atoms with E-state index < -0.39 is 18.9 Å². The van der Waals surface area contributed by atoms with Crippen LogP contribution < -0.4 is 0 Å². The van der Waals surface area contributed by atoms with Crippen molar-refractivity contribution in [3.05, 3.63) is 0 Å². The Morgan fingerprint density at radius 2 is 1.45 bits per heavy atom. The molecule has 0 aliphatic heterocycles. The molecule has 0 radical (unpaired) electrons. The molecule has 60 valence electrons. The van der Waals surface area contributed by atoms with Crippen LogP contribution in [0.15, 0.2) is 9.98 Å². The van der Waals surface area contributed by atoms with Gasteiger partial charge in [0.2, 0.25) is 17.9 Å². The van der Waals surface area contributed by atoms with Crippen molar-refractivity contribution in [2.75, 3.05) is 13.1 Å². The number of isocyanates is 2. The maximum atomic E-state index is 9.50. The van der Waals surface area contributed by atoms with Crippen LogP contribution in [-0.4, -0.2) is 41.2 Å². The van der Waals surface area contributed by atoms with Crippen LogP contribution in [0.2, 0.25) is 0 Å². The smallest absolute Gasteiger partial charge is 0.235 e. The lowest BCUT2D eigenvalue weighted by atomic mass is 10.3. The van der Waals surface area contributed by atoms with E-state index in [1.165, 1.54) is 0 Å². The summed E-state index contributed by atoms with van der Waals surface area (Å²) < 4.78 is 0. The molecule has 6 nitrogen and oxygen atoms in total. The first-order valence-corrected chi connectivity index (χ1v) is 2.64. The van der Waals surface area contributed by atoms with Gasteiger partial charge in [0.15, 0.2) is 0 Å². The largest absolute Gasteiger partial charge is 0.363 e. The molecular formula is C5H6N2O4. The second-order valence-electron chi connectivity index (χ2n) is 1.80. The van der Waals surface area contributed by atoms with Crippen molar-refractivity contribution in [2.24, 2.45) is 9.98 Å². The van der Waals surface area contributed by atoms with Crippen molar-refractivity contribution in [1.82, 2.24) is 0 Å². The molecule has 0 unspecified atom stereocenters. The van der Waals surface area contributed by atoms with Crippen LogP contribution >= 0.6 is 0 Å². The third-order valence-corrected chi connectivity index (χ3v) is 0.794. The normalized spacial score (nSPS) is 9.64. The molecule has 0 aromatic heterocycles. The van der Waals surface area contributed by atoms with E-state index in [1.807, 2.05) is 0 Å². The van der Waals surface area contributed by atoms with E-state index in [1.54, 1.807) is 0 Å². The zero-order valence-corrected chi connectivity index (χ0v) is 5.52. The van der Waals surface area contributed by atoms with Gasteiger partial charge in [-0.1, -0.05) is 0 Å². The Morgan fingerprint density at radius 1 is 1.09 bits per heavy atom. The van der Waals surface area contributed by atoms with E-state index in [-0.39, 0.29) is 0 Å². The van der Waals surface area contributed by atoms with E-state index in [0.29, 0.717) is 0 Å². The highest BCUT2D eigenvalue weighted by Gasteiger charge is 2.21. The molecule has 0 rings (SSSR count). The van der Waals surface area contributed by atoms with Crippen LogP contribution in [0.5, 0.6) is 0 Å². The standard InChI is InChI=1S/C5H6N2O4/c8-3-6-1-5(10,11)2-7-4-9/h10-11H,1-2H2. The summed E-state index contributed by atoms with van der Waals surface area (Å²) in [5.74, 6) is -2.26. The van der Waals surface area contributed by atoms with Crippen molar-refractivity contribution in [3.8, 4) is 0 Å². The third-order valence-electron chi connectivity index (χ3n) is 0.794. The van der Waals surface area contributed by atoms with Gasteiger partial charge in [0.1, 0.15) is 13.1 Å². The van der Waals surface area contributed by atoms with Crippen molar-refractivity contribution < 1.29 is 19.8 Å². The fourth-order valence-corrected chi connectivity index (χ4v) is 0.368. The Hall–Kier alpha value is -1.32. The summed E-state index contributed by atoms with van der Waals surface area (Å²) in [6.07, 6.45) is 2.23. The molecule has 0 aliphatic rings. The molecule has 0 saturated carbocycles. The van der Waals surface area contributed by atoms with E-state index in [2.05, 4.69) is 9.98 Å². The second-order valence-corrected chi connectivity index (χ2v) is 1.80. The topological polar surface area (TPSA) is 99.3 Å². The molecule has 0 bridgehead atoms. The minimum atomic E-state index is -2.26. The van der Waals surface area contributed by atoms with Gasteiger partial charge in [-0.2, -0.15) is 0 Å². The lowest BCUT2D eigenvalue weighted by Crippen LogP contribution is -2.35. The molecular weight excluding hydrogens is 152 g/mol. The molecule has 0 heterocycles. The van der Waals surface area contributed by atoms with Crippen molar-refractivity contribution in [3.63, 3.8) is 0 Å². The SMILES string of the molecule is O=C=NCC(O)(O)CN=C=O. The van der Waals surface area contributed by atoms with Gasteiger partial charge in [-0.3, -0.25) is 0 Å². The first-order chi connectivity index (χ1) is 5.12. The highest BCUT2D eigenvalue weighted by atomic mass is 16.5. The lowest BCUT2D eigenvalue weighted by molar-refractivity contribution is -0.141. The third kappa shape index (κ3) is 5.14.